The van der Waals surface area contributed by atoms with Crippen LogP contribution in [-0.2, 0) is 4.79 Å². The first-order valence-electron chi connectivity index (χ1n) is 5.70. The van der Waals surface area contributed by atoms with Gasteiger partial charge in [-0.1, -0.05) is 26.0 Å². The van der Waals surface area contributed by atoms with Crippen molar-refractivity contribution in [3.63, 3.8) is 0 Å². The van der Waals surface area contributed by atoms with Gasteiger partial charge in [0.15, 0.2) is 0 Å². The summed E-state index contributed by atoms with van der Waals surface area (Å²) in [5.41, 5.74) is -0.576. The molecule has 0 radical (unpaired) electrons. The van der Waals surface area contributed by atoms with Gasteiger partial charge in [0, 0.05) is 12.5 Å². The van der Waals surface area contributed by atoms with Crippen LogP contribution in [0.1, 0.15) is 30.6 Å². The molecular weight excluding hydrogens is 250 g/mol. The summed E-state index contributed by atoms with van der Waals surface area (Å²) in [4.78, 5) is 33.7. The van der Waals surface area contributed by atoms with Crippen molar-refractivity contribution < 1.29 is 14.5 Å². The monoisotopic (exact) mass is 265 g/mol. The Morgan fingerprint density at radius 3 is 2.47 bits per heavy atom. The summed E-state index contributed by atoms with van der Waals surface area (Å²) in [7, 11) is 0. The molecule has 1 aromatic rings. The Kier molecular flexibility index (Phi) is 4.71. The number of rotatable bonds is 4. The Labute approximate surface area is 110 Å². The van der Waals surface area contributed by atoms with Gasteiger partial charge in [-0.2, -0.15) is 0 Å². The number of carbonyl (C=O) groups excluding carboxylic acids is 2. The second kappa shape index (κ2) is 6.05. The standard InChI is InChI=1S/C12H15N3O4/c1-8(2)7-11(16)14(13)12(17)9-5-3-4-6-10(9)15(18)19/h3-6,8H,7,13H2,1-2H3. The van der Waals surface area contributed by atoms with Crippen LogP contribution in [0.5, 0.6) is 0 Å². The number of imide groups is 1. The molecule has 0 saturated carbocycles. The van der Waals surface area contributed by atoms with Gasteiger partial charge in [0.2, 0.25) is 5.91 Å². The predicted molar refractivity (Wildman–Crippen MR) is 67.9 cm³/mol. The van der Waals surface area contributed by atoms with Gasteiger partial charge < -0.3 is 0 Å². The molecule has 2 amide bonds. The lowest BCUT2D eigenvalue weighted by Gasteiger charge is -2.15. The molecule has 0 atom stereocenters. The van der Waals surface area contributed by atoms with Crippen molar-refractivity contribution in [1.29, 1.82) is 0 Å². The fourth-order valence-electron chi connectivity index (χ4n) is 1.50. The van der Waals surface area contributed by atoms with Gasteiger partial charge >= 0.3 is 0 Å². The second-order valence-corrected chi connectivity index (χ2v) is 4.44. The lowest BCUT2D eigenvalue weighted by atomic mass is 10.1. The van der Waals surface area contributed by atoms with Crippen LogP contribution in [0.2, 0.25) is 0 Å². The van der Waals surface area contributed by atoms with Gasteiger partial charge in [0.05, 0.1) is 4.92 Å². The minimum Gasteiger partial charge on any atom is -0.273 e. The van der Waals surface area contributed by atoms with Crippen LogP contribution in [0.25, 0.3) is 0 Å². The third-order valence-corrected chi connectivity index (χ3v) is 2.40. The van der Waals surface area contributed by atoms with E-state index in [9.17, 15) is 19.7 Å². The minimum absolute atomic E-state index is 0.0390. The molecule has 0 unspecified atom stereocenters. The van der Waals surface area contributed by atoms with Crippen LogP contribution in [0.15, 0.2) is 24.3 Å². The maximum atomic E-state index is 12.0. The van der Waals surface area contributed by atoms with E-state index in [-0.39, 0.29) is 23.6 Å². The molecule has 0 bridgehead atoms. The van der Waals surface area contributed by atoms with Crippen molar-refractivity contribution in [3.05, 3.63) is 39.9 Å². The van der Waals surface area contributed by atoms with Crippen molar-refractivity contribution in [2.75, 3.05) is 0 Å². The third kappa shape index (κ3) is 3.59. The summed E-state index contributed by atoms with van der Waals surface area (Å²) in [6.07, 6.45) is 0.100. The molecule has 0 heterocycles. The Morgan fingerprint density at radius 2 is 1.95 bits per heavy atom. The van der Waals surface area contributed by atoms with E-state index in [1.807, 2.05) is 0 Å². The fraction of sp³-hybridized carbons (Fsp3) is 0.333. The van der Waals surface area contributed by atoms with Crippen LogP contribution in [0, 0.1) is 16.0 Å². The molecule has 0 aliphatic carbocycles. The Bertz CT molecular complexity index is 513. The van der Waals surface area contributed by atoms with E-state index < -0.39 is 16.7 Å². The highest BCUT2D eigenvalue weighted by molar-refractivity contribution is 6.06. The molecule has 1 aromatic carbocycles. The lowest BCUT2D eigenvalue weighted by Crippen LogP contribution is -2.43. The van der Waals surface area contributed by atoms with Crippen LogP contribution >= 0.6 is 0 Å². The summed E-state index contributed by atoms with van der Waals surface area (Å²) in [5, 5.41) is 11.2. The highest BCUT2D eigenvalue weighted by atomic mass is 16.6. The van der Waals surface area contributed by atoms with E-state index in [0.29, 0.717) is 5.01 Å². The van der Waals surface area contributed by atoms with Crippen LogP contribution < -0.4 is 5.84 Å². The number of benzene rings is 1. The van der Waals surface area contributed by atoms with Crippen molar-refractivity contribution >= 4 is 17.5 Å². The van der Waals surface area contributed by atoms with Crippen molar-refractivity contribution in [2.24, 2.45) is 11.8 Å². The maximum Gasteiger partial charge on any atom is 0.282 e. The summed E-state index contributed by atoms with van der Waals surface area (Å²) in [6.45, 7) is 3.61. The van der Waals surface area contributed by atoms with E-state index in [1.54, 1.807) is 13.8 Å². The zero-order chi connectivity index (χ0) is 14.6. The quantitative estimate of drug-likeness (QED) is 0.384. The third-order valence-electron chi connectivity index (χ3n) is 2.40. The average molecular weight is 265 g/mol. The van der Waals surface area contributed by atoms with Gasteiger partial charge in [-0.15, -0.1) is 0 Å². The molecule has 102 valence electrons. The minimum atomic E-state index is -0.877. The Morgan fingerprint density at radius 1 is 1.37 bits per heavy atom. The summed E-state index contributed by atoms with van der Waals surface area (Å²) in [5.74, 6) is 4.01. The van der Waals surface area contributed by atoms with Gasteiger partial charge in [-0.3, -0.25) is 19.7 Å². The molecule has 0 spiro atoms. The number of hydrogen-bond donors (Lipinski definition) is 1. The van der Waals surface area contributed by atoms with E-state index in [0.717, 1.165) is 0 Å². The lowest BCUT2D eigenvalue weighted by molar-refractivity contribution is -0.385. The van der Waals surface area contributed by atoms with Gasteiger partial charge in [0.25, 0.3) is 11.6 Å². The summed E-state index contributed by atoms with van der Waals surface area (Å²) in [6, 6.07) is 5.36. The molecule has 7 heteroatoms. The first-order valence-corrected chi connectivity index (χ1v) is 5.70. The molecule has 0 saturated heterocycles. The molecule has 19 heavy (non-hydrogen) atoms. The smallest absolute Gasteiger partial charge is 0.273 e. The molecular formula is C12H15N3O4. The fourth-order valence-corrected chi connectivity index (χ4v) is 1.50. The summed E-state index contributed by atoms with van der Waals surface area (Å²) >= 11 is 0. The maximum absolute atomic E-state index is 12.0. The number of carbonyl (C=O) groups is 2. The zero-order valence-electron chi connectivity index (χ0n) is 10.7. The van der Waals surface area contributed by atoms with E-state index in [4.69, 9.17) is 5.84 Å². The number of nitrogens with two attached hydrogens (primary N) is 1. The zero-order valence-corrected chi connectivity index (χ0v) is 10.7. The largest absolute Gasteiger partial charge is 0.282 e. The molecule has 2 N–H and O–H groups in total. The average Bonchev–Trinajstić information content (AvgIpc) is 2.36. The number of hydrogen-bond acceptors (Lipinski definition) is 5. The van der Waals surface area contributed by atoms with Gasteiger partial charge in [-0.25, -0.2) is 10.9 Å². The highest BCUT2D eigenvalue weighted by Crippen LogP contribution is 2.19. The van der Waals surface area contributed by atoms with Crippen LogP contribution in [-0.4, -0.2) is 21.7 Å². The normalized spacial score (nSPS) is 10.3. The van der Waals surface area contributed by atoms with Gasteiger partial charge in [-0.05, 0) is 12.0 Å². The first-order chi connectivity index (χ1) is 8.84. The molecule has 0 fully saturated rings. The predicted octanol–water partition coefficient (Wildman–Crippen LogP) is 1.48. The second-order valence-electron chi connectivity index (χ2n) is 4.44. The molecule has 0 aliphatic heterocycles. The Hall–Kier alpha value is -2.28. The van der Waals surface area contributed by atoms with Crippen molar-refractivity contribution in [1.82, 2.24) is 5.01 Å². The number of para-hydroxylation sites is 1. The van der Waals surface area contributed by atoms with E-state index in [2.05, 4.69) is 0 Å². The number of nitro groups is 1. The number of amides is 2. The van der Waals surface area contributed by atoms with E-state index >= 15 is 0 Å². The van der Waals surface area contributed by atoms with Gasteiger partial charge in [0.1, 0.15) is 5.56 Å². The first kappa shape index (κ1) is 14.8. The number of nitro benzene ring substituents is 1. The molecule has 1 rings (SSSR count). The van der Waals surface area contributed by atoms with Crippen LogP contribution in [0.4, 0.5) is 5.69 Å². The highest BCUT2D eigenvalue weighted by Gasteiger charge is 2.26. The number of nitrogens with zero attached hydrogens (tertiary/aromatic N) is 2. The summed E-state index contributed by atoms with van der Waals surface area (Å²) < 4.78 is 0. The van der Waals surface area contributed by atoms with Crippen LogP contribution in [0.3, 0.4) is 0 Å². The molecule has 0 aromatic heterocycles. The van der Waals surface area contributed by atoms with Crippen molar-refractivity contribution in [2.45, 2.75) is 20.3 Å². The van der Waals surface area contributed by atoms with E-state index in [1.165, 1.54) is 24.3 Å². The molecule has 0 aliphatic rings. The Balaban J connectivity index is 3.01. The van der Waals surface area contributed by atoms with Crippen molar-refractivity contribution in [3.8, 4) is 0 Å². The molecule has 7 nitrogen and oxygen atoms in total. The number of hydrazine groups is 1. The SMILES string of the molecule is CC(C)CC(=O)N(N)C(=O)c1ccccc1[N+](=O)[O-]. The topological polar surface area (TPSA) is 107 Å².